The number of nitrogens with zero attached hydrogens (tertiary/aromatic N) is 2. The molecule has 0 aliphatic carbocycles. The van der Waals surface area contributed by atoms with Gasteiger partial charge in [-0.3, -0.25) is 5.43 Å². The molecule has 0 atom stereocenters. The lowest BCUT2D eigenvalue weighted by Crippen LogP contribution is -2.01. The van der Waals surface area contributed by atoms with Crippen LogP contribution in [0.3, 0.4) is 0 Å². The lowest BCUT2D eigenvalue weighted by molar-refractivity contribution is 0.271. The van der Waals surface area contributed by atoms with Gasteiger partial charge in [-0.15, -0.1) is 11.3 Å². The number of unbranched alkanes of at least 4 members (excludes halogenated alkanes) is 2. The van der Waals surface area contributed by atoms with E-state index in [1.807, 2.05) is 32.0 Å². The minimum atomic E-state index is 0.599. The Morgan fingerprint density at radius 3 is 2.68 bits per heavy atom. The summed E-state index contributed by atoms with van der Waals surface area (Å²) in [5.41, 5.74) is 4.95. The zero-order valence-corrected chi connectivity index (χ0v) is 16.3. The Bertz CT molecular complexity index is 678. The number of hydrazone groups is 1. The molecule has 0 radical (unpaired) electrons. The first-order valence-electron chi connectivity index (χ1n) is 8.76. The summed E-state index contributed by atoms with van der Waals surface area (Å²) in [6, 6.07) is 5.86. The summed E-state index contributed by atoms with van der Waals surface area (Å²) in [5.74, 6) is 1.54. The molecule has 0 unspecified atom stereocenters. The predicted octanol–water partition coefficient (Wildman–Crippen LogP) is 5.17. The van der Waals surface area contributed by atoms with Gasteiger partial charge >= 0.3 is 0 Å². The molecule has 0 amide bonds. The van der Waals surface area contributed by atoms with Crippen LogP contribution >= 0.6 is 11.3 Å². The maximum atomic E-state index is 5.84. The van der Waals surface area contributed by atoms with Crippen LogP contribution in [0.4, 0.5) is 5.13 Å². The van der Waals surface area contributed by atoms with Crippen molar-refractivity contribution in [2.24, 2.45) is 5.10 Å². The molecule has 0 bridgehead atoms. The molecule has 0 saturated heterocycles. The Morgan fingerprint density at radius 2 is 2.00 bits per heavy atom. The van der Waals surface area contributed by atoms with Crippen molar-refractivity contribution in [3.05, 3.63) is 34.3 Å². The normalized spacial score (nSPS) is 11.0. The number of rotatable bonds is 10. The van der Waals surface area contributed by atoms with E-state index in [1.54, 1.807) is 17.6 Å². The second kappa shape index (κ2) is 10.0. The number of hydrogen-bond acceptors (Lipinski definition) is 6. The van der Waals surface area contributed by atoms with Crippen molar-refractivity contribution in [2.45, 2.75) is 47.0 Å². The van der Waals surface area contributed by atoms with Crippen molar-refractivity contribution in [3.8, 4) is 11.5 Å². The largest absolute Gasteiger partial charge is 0.490 e. The molecule has 0 aliphatic rings. The van der Waals surface area contributed by atoms with Crippen LogP contribution in [0.25, 0.3) is 0 Å². The summed E-state index contributed by atoms with van der Waals surface area (Å²) in [7, 11) is 0. The Hall–Kier alpha value is -2.08. The summed E-state index contributed by atoms with van der Waals surface area (Å²) >= 11 is 1.60. The number of ether oxygens (including phenoxy) is 2. The highest BCUT2D eigenvalue weighted by molar-refractivity contribution is 7.15. The zero-order valence-electron chi connectivity index (χ0n) is 15.5. The van der Waals surface area contributed by atoms with Gasteiger partial charge in [0.05, 0.1) is 25.1 Å². The van der Waals surface area contributed by atoms with Crippen LogP contribution in [-0.2, 0) is 0 Å². The summed E-state index contributed by atoms with van der Waals surface area (Å²) in [6.45, 7) is 9.51. The van der Waals surface area contributed by atoms with E-state index < -0.39 is 0 Å². The molecule has 6 heteroatoms. The third kappa shape index (κ3) is 6.05. The Morgan fingerprint density at radius 1 is 1.16 bits per heavy atom. The second-order valence-corrected chi connectivity index (χ2v) is 6.93. The number of anilines is 1. The van der Waals surface area contributed by atoms with Crippen molar-refractivity contribution in [1.82, 2.24) is 4.98 Å². The highest BCUT2D eigenvalue weighted by atomic mass is 32.1. The number of nitrogens with one attached hydrogen (secondary N) is 1. The first-order valence-corrected chi connectivity index (χ1v) is 9.58. The zero-order chi connectivity index (χ0) is 18.1. The third-order valence-electron chi connectivity index (χ3n) is 3.68. The van der Waals surface area contributed by atoms with Crippen LogP contribution in [0.1, 0.15) is 49.2 Å². The quantitative estimate of drug-likeness (QED) is 0.360. The lowest BCUT2D eigenvalue weighted by Gasteiger charge is -2.12. The number of aryl methyl sites for hydroxylation is 2. The van der Waals surface area contributed by atoms with Crippen LogP contribution in [0.2, 0.25) is 0 Å². The number of thiazole rings is 1. The molecule has 2 aromatic rings. The van der Waals surface area contributed by atoms with Crippen LogP contribution in [0, 0.1) is 13.8 Å². The van der Waals surface area contributed by atoms with Gasteiger partial charge in [0.25, 0.3) is 0 Å². The summed E-state index contributed by atoms with van der Waals surface area (Å²) in [6.07, 6.45) is 5.18. The van der Waals surface area contributed by atoms with Gasteiger partial charge in [0.2, 0.25) is 5.13 Å². The highest BCUT2D eigenvalue weighted by Gasteiger charge is 2.06. The predicted molar refractivity (Wildman–Crippen MR) is 105 cm³/mol. The van der Waals surface area contributed by atoms with Crippen molar-refractivity contribution in [2.75, 3.05) is 18.6 Å². The molecule has 2 rings (SSSR count). The van der Waals surface area contributed by atoms with Gasteiger partial charge in [-0.2, -0.15) is 5.10 Å². The molecule has 1 aromatic heterocycles. The van der Waals surface area contributed by atoms with E-state index in [0.29, 0.717) is 13.2 Å². The van der Waals surface area contributed by atoms with Crippen molar-refractivity contribution in [1.29, 1.82) is 0 Å². The van der Waals surface area contributed by atoms with E-state index >= 15 is 0 Å². The van der Waals surface area contributed by atoms with Gasteiger partial charge in [-0.1, -0.05) is 19.8 Å². The fourth-order valence-electron chi connectivity index (χ4n) is 2.21. The number of aromatic nitrogens is 1. The van der Waals surface area contributed by atoms with Crippen LogP contribution < -0.4 is 14.9 Å². The SMILES string of the molecule is CCCCCOc1ccc(/C=N\Nc2nc(C)c(C)s2)cc1OCC. The monoisotopic (exact) mass is 361 g/mol. The van der Waals surface area contributed by atoms with Gasteiger partial charge in [0.1, 0.15) is 0 Å². The first-order chi connectivity index (χ1) is 12.1. The molecule has 25 heavy (non-hydrogen) atoms. The van der Waals surface area contributed by atoms with E-state index in [0.717, 1.165) is 34.3 Å². The van der Waals surface area contributed by atoms with Crippen LogP contribution in [0.15, 0.2) is 23.3 Å². The average Bonchev–Trinajstić information content (AvgIpc) is 2.91. The summed E-state index contributed by atoms with van der Waals surface area (Å²) in [4.78, 5) is 5.60. The molecule has 0 fully saturated rings. The fraction of sp³-hybridized carbons (Fsp3) is 0.474. The molecule has 136 valence electrons. The average molecular weight is 362 g/mol. The summed E-state index contributed by atoms with van der Waals surface area (Å²) in [5, 5.41) is 5.06. The van der Waals surface area contributed by atoms with Crippen LogP contribution in [0.5, 0.6) is 11.5 Å². The van der Waals surface area contributed by atoms with Gasteiger partial charge in [0.15, 0.2) is 11.5 Å². The van der Waals surface area contributed by atoms with Crippen molar-refractivity contribution in [3.63, 3.8) is 0 Å². The Labute approximate surface area is 154 Å². The number of benzene rings is 1. The molecule has 1 aromatic carbocycles. The lowest BCUT2D eigenvalue weighted by atomic mass is 10.2. The standard InChI is InChI=1S/C19H27N3O2S/c1-5-7-8-11-24-17-10-9-16(12-18(17)23-6-2)13-20-22-19-21-14(3)15(4)25-19/h9-10,12-13H,5-8,11H2,1-4H3,(H,21,22)/b20-13-. The van der Waals surface area contributed by atoms with Crippen LogP contribution in [-0.4, -0.2) is 24.4 Å². The third-order valence-corrected chi connectivity index (χ3v) is 4.65. The molecule has 0 aliphatic heterocycles. The molecule has 1 heterocycles. The number of hydrogen-bond donors (Lipinski definition) is 1. The van der Waals surface area contributed by atoms with E-state index in [2.05, 4.69) is 29.4 Å². The smallest absolute Gasteiger partial charge is 0.203 e. The first kappa shape index (κ1) is 19.2. The van der Waals surface area contributed by atoms with Crippen molar-refractivity contribution >= 4 is 22.7 Å². The molecular formula is C19H27N3O2S. The second-order valence-electron chi connectivity index (χ2n) is 5.73. The van der Waals surface area contributed by atoms with E-state index in [9.17, 15) is 0 Å². The molecule has 1 N–H and O–H groups in total. The van der Waals surface area contributed by atoms with Gasteiger partial charge in [0, 0.05) is 4.88 Å². The fourth-order valence-corrected chi connectivity index (χ4v) is 2.97. The van der Waals surface area contributed by atoms with E-state index in [-0.39, 0.29) is 0 Å². The van der Waals surface area contributed by atoms with Gasteiger partial charge in [-0.05, 0) is 51.0 Å². The van der Waals surface area contributed by atoms with Gasteiger partial charge in [-0.25, -0.2) is 4.98 Å². The minimum Gasteiger partial charge on any atom is -0.490 e. The highest BCUT2D eigenvalue weighted by Crippen LogP contribution is 2.28. The molecular weight excluding hydrogens is 334 g/mol. The minimum absolute atomic E-state index is 0.599. The maximum Gasteiger partial charge on any atom is 0.203 e. The topological polar surface area (TPSA) is 55.7 Å². The Balaban J connectivity index is 2.00. The van der Waals surface area contributed by atoms with Gasteiger partial charge < -0.3 is 9.47 Å². The summed E-state index contributed by atoms with van der Waals surface area (Å²) < 4.78 is 11.5. The van der Waals surface area contributed by atoms with E-state index in [4.69, 9.17) is 9.47 Å². The maximum absolute atomic E-state index is 5.84. The van der Waals surface area contributed by atoms with Crippen molar-refractivity contribution < 1.29 is 9.47 Å². The molecule has 0 spiro atoms. The molecule has 0 saturated carbocycles. The van der Waals surface area contributed by atoms with E-state index in [1.165, 1.54) is 17.7 Å². The molecule has 5 nitrogen and oxygen atoms in total. The Kier molecular flexibility index (Phi) is 7.73.